The normalized spacial score (nSPS) is 22.9. The van der Waals surface area contributed by atoms with E-state index < -0.39 is 5.41 Å². The van der Waals surface area contributed by atoms with Crippen molar-refractivity contribution in [2.45, 2.75) is 65.2 Å². The lowest BCUT2D eigenvalue weighted by Crippen LogP contribution is -2.38. The van der Waals surface area contributed by atoms with Crippen LogP contribution < -0.4 is 0 Å². The SMILES string of the molecule is C[C@@H]1CCc2ncnc(C3CCN(OC(=O)C(C)(C)C)CC3)c21. The number of piperidine rings is 1. The fourth-order valence-electron chi connectivity index (χ4n) is 3.48. The Hall–Kier alpha value is -1.49. The number of rotatable bonds is 2. The summed E-state index contributed by atoms with van der Waals surface area (Å²) < 4.78 is 0. The molecular weight excluding hydrogens is 290 g/mol. The van der Waals surface area contributed by atoms with Crippen LogP contribution in [0.3, 0.4) is 0 Å². The number of hydroxylamine groups is 2. The van der Waals surface area contributed by atoms with Crippen LogP contribution in [-0.4, -0.2) is 34.1 Å². The van der Waals surface area contributed by atoms with Crippen LogP contribution in [0.4, 0.5) is 0 Å². The first-order chi connectivity index (χ1) is 10.9. The molecule has 3 rings (SSSR count). The van der Waals surface area contributed by atoms with Crippen molar-refractivity contribution in [1.82, 2.24) is 15.0 Å². The summed E-state index contributed by atoms with van der Waals surface area (Å²) in [4.78, 5) is 26.6. The molecule has 1 atom stereocenters. The van der Waals surface area contributed by atoms with Gasteiger partial charge in [0.1, 0.15) is 6.33 Å². The summed E-state index contributed by atoms with van der Waals surface area (Å²) in [6, 6.07) is 0. The van der Waals surface area contributed by atoms with Crippen LogP contribution in [0.5, 0.6) is 0 Å². The first-order valence-corrected chi connectivity index (χ1v) is 8.67. The molecule has 5 nitrogen and oxygen atoms in total. The zero-order valence-corrected chi connectivity index (χ0v) is 14.6. The molecule has 0 bridgehead atoms. The second-order valence-corrected chi connectivity index (χ2v) is 7.89. The van der Waals surface area contributed by atoms with Crippen molar-refractivity contribution < 1.29 is 9.63 Å². The lowest BCUT2D eigenvalue weighted by atomic mass is 9.88. The van der Waals surface area contributed by atoms with Crippen molar-refractivity contribution in [3.63, 3.8) is 0 Å². The summed E-state index contributed by atoms with van der Waals surface area (Å²) >= 11 is 0. The monoisotopic (exact) mass is 317 g/mol. The molecular formula is C18H27N3O2. The predicted octanol–water partition coefficient (Wildman–Crippen LogP) is 3.21. The van der Waals surface area contributed by atoms with Gasteiger partial charge in [-0.25, -0.2) is 14.8 Å². The van der Waals surface area contributed by atoms with Gasteiger partial charge in [0.15, 0.2) is 0 Å². The van der Waals surface area contributed by atoms with Gasteiger partial charge in [0.05, 0.1) is 11.1 Å². The van der Waals surface area contributed by atoms with Gasteiger partial charge in [0.2, 0.25) is 0 Å². The predicted molar refractivity (Wildman–Crippen MR) is 87.9 cm³/mol. The van der Waals surface area contributed by atoms with E-state index in [1.165, 1.54) is 23.4 Å². The summed E-state index contributed by atoms with van der Waals surface area (Å²) in [5.41, 5.74) is 3.41. The summed E-state index contributed by atoms with van der Waals surface area (Å²) in [7, 11) is 0. The quantitative estimate of drug-likeness (QED) is 0.838. The number of carbonyl (C=O) groups is 1. The Morgan fingerprint density at radius 3 is 2.57 bits per heavy atom. The third-order valence-corrected chi connectivity index (χ3v) is 4.97. The molecule has 1 aromatic rings. The van der Waals surface area contributed by atoms with Gasteiger partial charge in [-0.15, -0.1) is 5.06 Å². The van der Waals surface area contributed by atoms with E-state index in [2.05, 4.69) is 16.9 Å². The van der Waals surface area contributed by atoms with Crippen molar-refractivity contribution in [3.8, 4) is 0 Å². The molecule has 2 aliphatic rings. The molecule has 0 spiro atoms. The van der Waals surface area contributed by atoms with Crippen LogP contribution in [0.25, 0.3) is 0 Å². The van der Waals surface area contributed by atoms with Crippen LogP contribution in [0.15, 0.2) is 6.33 Å². The maximum atomic E-state index is 12.0. The average Bonchev–Trinajstić information content (AvgIpc) is 2.89. The minimum atomic E-state index is -0.459. The van der Waals surface area contributed by atoms with Gasteiger partial charge < -0.3 is 4.84 Å². The van der Waals surface area contributed by atoms with E-state index in [0.29, 0.717) is 11.8 Å². The zero-order chi connectivity index (χ0) is 16.6. The summed E-state index contributed by atoms with van der Waals surface area (Å²) in [5, 5.41) is 1.81. The zero-order valence-electron chi connectivity index (χ0n) is 14.6. The first kappa shape index (κ1) is 16.4. The lowest BCUT2D eigenvalue weighted by Gasteiger charge is -2.32. The molecule has 126 valence electrons. The Labute approximate surface area is 138 Å². The number of nitrogens with zero attached hydrogens (tertiary/aromatic N) is 3. The molecule has 1 fully saturated rings. The van der Waals surface area contributed by atoms with Crippen molar-refractivity contribution >= 4 is 5.97 Å². The molecule has 1 aliphatic carbocycles. The van der Waals surface area contributed by atoms with Crippen molar-refractivity contribution in [2.75, 3.05) is 13.1 Å². The Morgan fingerprint density at radius 2 is 1.91 bits per heavy atom. The fourth-order valence-corrected chi connectivity index (χ4v) is 3.48. The van der Waals surface area contributed by atoms with Crippen molar-refractivity contribution in [2.24, 2.45) is 5.41 Å². The minimum absolute atomic E-state index is 0.160. The van der Waals surface area contributed by atoms with Gasteiger partial charge >= 0.3 is 5.97 Å². The van der Waals surface area contributed by atoms with E-state index in [0.717, 1.165) is 32.4 Å². The van der Waals surface area contributed by atoms with E-state index in [1.54, 1.807) is 6.33 Å². The molecule has 1 saturated heterocycles. The molecule has 0 amide bonds. The Morgan fingerprint density at radius 1 is 1.22 bits per heavy atom. The third kappa shape index (κ3) is 3.39. The van der Waals surface area contributed by atoms with Crippen LogP contribution in [-0.2, 0) is 16.1 Å². The number of fused-ring (bicyclic) bond motifs is 1. The lowest BCUT2D eigenvalue weighted by molar-refractivity contribution is -0.204. The van der Waals surface area contributed by atoms with E-state index >= 15 is 0 Å². The van der Waals surface area contributed by atoms with E-state index in [9.17, 15) is 4.79 Å². The van der Waals surface area contributed by atoms with Crippen LogP contribution >= 0.6 is 0 Å². The van der Waals surface area contributed by atoms with E-state index in [4.69, 9.17) is 4.84 Å². The molecule has 0 aromatic carbocycles. The first-order valence-electron chi connectivity index (χ1n) is 8.67. The number of aromatic nitrogens is 2. The maximum absolute atomic E-state index is 12.0. The van der Waals surface area contributed by atoms with E-state index in [-0.39, 0.29) is 5.97 Å². The molecule has 0 saturated carbocycles. The standard InChI is InChI=1S/C18H27N3O2/c1-12-5-6-14-15(12)16(20-11-19-14)13-7-9-21(10-8-13)23-17(22)18(2,3)4/h11-13H,5-10H2,1-4H3/t12-/m1/s1. The highest BCUT2D eigenvalue weighted by atomic mass is 16.7. The number of aryl methyl sites for hydroxylation is 1. The van der Waals surface area contributed by atoms with Gasteiger partial charge in [0.25, 0.3) is 0 Å². The largest absolute Gasteiger partial charge is 0.367 e. The minimum Gasteiger partial charge on any atom is -0.367 e. The highest BCUT2D eigenvalue weighted by Crippen LogP contribution is 2.38. The maximum Gasteiger partial charge on any atom is 0.330 e. The van der Waals surface area contributed by atoms with Gasteiger partial charge in [-0.2, -0.15) is 0 Å². The van der Waals surface area contributed by atoms with Gasteiger partial charge in [-0.05, 0) is 57.9 Å². The molecule has 1 aliphatic heterocycles. The highest BCUT2D eigenvalue weighted by molar-refractivity contribution is 5.75. The molecule has 23 heavy (non-hydrogen) atoms. The van der Waals surface area contributed by atoms with Crippen LogP contribution in [0.2, 0.25) is 0 Å². The average molecular weight is 317 g/mol. The molecule has 0 N–H and O–H groups in total. The number of hydrogen-bond acceptors (Lipinski definition) is 5. The molecule has 0 unspecified atom stereocenters. The number of hydrogen-bond donors (Lipinski definition) is 0. The van der Waals surface area contributed by atoms with Gasteiger partial charge in [-0.3, -0.25) is 0 Å². The fraction of sp³-hybridized carbons (Fsp3) is 0.722. The molecule has 2 heterocycles. The Balaban J connectivity index is 1.64. The Bertz CT molecular complexity index is 586. The van der Waals surface area contributed by atoms with Crippen molar-refractivity contribution in [3.05, 3.63) is 23.3 Å². The van der Waals surface area contributed by atoms with Crippen molar-refractivity contribution in [1.29, 1.82) is 0 Å². The van der Waals surface area contributed by atoms with E-state index in [1.807, 2.05) is 25.8 Å². The summed E-state index contributed by atoms with van der Waals surface area (Å²) in [6.45, 7) is 9.48. The Kier molecular flexibility index (Phi) is 4.41. The second-order valence-electron chi connectivity index (χ2n) is 7.89. The van der Waals surface area contributed by atoms with Crippen LogP contribution in [0.1, 0.15) is 75.7 Å². The molecule has 5 heteroatoms. The molecule has 1 aromatic heterocycles. The second kappa shape index (κ2) is 6.19. The summed E-state index contributed by atoms with van der Waals surface area (Å²) in [6.07, 6.45) is 5.94. The number of carbonyl (C=O) groups excluding carboxylic acids is 1. The topological polar surface area (TPSA) is 55.3 Å². The molecule has 0 radical (unpaired) electrons. The summed E-state index contributed by atoms with van der Waals surface area (Å²) in [5.74, 6) is 0.863. The van der Waals surface area contributed by atoms with Gasteiger partial charge in [0, 0.05) is 24.7 Å². The smallest absolute Gasteiger partial charge is 0.330 e. The third-order valence-electron chi connectivity index (χ3n) is 4.97. The highest BCUT2D eigenvalue weighted by Gasteiger charge is 2.32. The van der Waals surface area contributed by atoms with Crippen LogP contribution in [0, 0.1) is 5.41 Å². The van der Waals surface area contributed by atoms with Gasteiger partial charge in [-0.1, -0.05) is 6.92 Å².